The van der Waals surface area contributed by atoms with Crippen molar-refractivity contribution in [1.82, 2.24) is 24.8 Å². The van der Waals surface area contributed by atoms with Crippen LogP contribution in [0, 0.1) is 12.7 Å². The number of anilines is 1. The molecule has 0 bridgehead atoms. The lowest BCUT2D eigenvalue weighted by Crippen LogP contribution is -2.47. The number of fused-ring (bicyclic) bond motifs is 4. The molecule has 190 valence electrons. The van der Waals surface area contributed by atoms with E-state index in [-0.39, 0.29) is 11.7 Å². The average molecular weight is 501 g/mol. The number of nitrogens with zero attached hydrogens (tertiary/aromatic N) is 5. The second-order valence-electron chi connectivity index (χ2n) is 9.57. The Hall–Kier alpha value is -3.98. The molecular formula is C28H29FN6O2. The molecule has 1 saturated heterocycles. The van der Waals surface area contributed by atoms with Crippen LogP contribution in [0.3, 0.4) is 0 Å². The zero-order valence-corrected chi connectivity index (χ0v) is 21.0. The van der Waals surface area contributed by atoms with Gasteiger partial charge in [0.15, 0.2) is 5.69 Å². The number of piperazine rings is 1. The largest absolute Gasteiger partial charge is 0.485 e. The lowest BCUT2D eigenvalue weighted by Gasteiger charge is -2.36. The van der Waals surface area contributed by atoms with Crippen LogP contribution >= 0.6 is 0 Å². The second kappa shape index (κ2) is 9.48. The van der Waals surface area contributed by atoms with Crippen molar-refractivity contribution in [3.63, 3.8) is 0 Å². The molecule has 1 amide bonds. The Kier molecular flexibility index (Phi) is 6.00. The summed E-state index contributed by atoms with van der Waals surface area (Å²) < 4.78 is 22.4. The summed E-state index contributed by atoms with van der Waals surface area (Å²) in [6.45, 7) is 6.59. The molecule has 2 aromatic heterocycles. The van der Waals surface area contributed by atoms with E-state index in [0.29, 0.717) is 17.8 Å². The summed E-state index contributed by atoms with van der Waals surface area (Å²) in [7, 11) is 1.60. The first-order valence-corrected chi connectivity index (χ1v) is 12.6. The zero-order chi connectivity index (χ0) is 25.5. The summed E-state index contributed by atoms with van der Waals surface area (Å²) in [6, 6.07) is 13.3. The van der Waals surface area contributed by atoms with Crippen LogP contribution in [0.5, 0.6) is 5.75 Å². The molecule has 0 radical (unpaired) electrons. The quantitative estimate of drug-likeness (QED) is 0.452. The fourth-order valence-corrected chi connectivity index (χ4v) is 5.33. The maximum Gasteiger partial charge on any atom is 0.271 e. The highest BCUT2D eigenvalue weighted by Gasteiger charge is 2.26. The van der Waals surface area contributed by atoms with Crippen molar-refractivity contribution in [2.75, 3.05) is 44.7 Å². The molecule has 37 heavy (non-hydrogen) atoms. The van der Waals surface area contributed by atoms with Gasteiger partial charge >= 0.3 is 0 Å². The molecular weight excluding hydrogens is 471 g/mol. The maximum atomic E-state index is 14.3. The van der Waals surface area contributed by atoms with Gasteiger partial charge in [0, 0.05) is 62.6 Å². The molecule has 0 atom stereocenters. The minimum absolute atomic E-state index is 0.214. The number of aryl methyl sites for hydroxylation is 1. The van der Waals surface area contributed by atoms with Crippen molar-refractivity contribution in [2.24, 2.45) is 0 Å². The van der Waals surface area contributed by atoms with Gasteiger partial charge in [0.05, 0.1) is 16.9 Å². The number of ether oxygens (including phenoxy) is 1. The van der Waals surface area contributed by atoms with Crippen LogP contribution < -0.4 is 15.0 Å². The number of hydrogen-bond donors (Lipinski definition) is 1. The van der Waals surface area contributed by atoms with Gasteiger partial charge in [0.2, 0.25) is 0 Å². The Morgan fingerprint density at radius 1 is 1.11 bits per heavy atom. The topological polar surface area (TPSA) is 75.5 Å². The summed E-state index contributed by atoms with van der Waals surface area (Å²) in [5, 5.41) is 3.63. The van der Waals surface area contributed by atoms with E-state index in [0.717, 1.165) is 78.6 Å². The monoisotopic (exact) mass is 500 g/mol. The van der Waals surface area contributed by atoms with E-state index in [1.165, 1.54) is 6.07 Å². The van der Waals surface area contributed by atoms with Gasteiger partial charge in [-0.15, -0.1) is 0 Å². The average Bonchev–Trinajstić information content (AvgIpc) is 3.36. The minimum Gasteiger partial charge on any atom is -0.485 e. The van der Waals surface area contributed by atoms with Gasteiger partial charge in [-0.2, -0.15) is 0 Å². The molecule has 9 heteroatoms. The first-order chi connectivity index (χ1) is 18.0. The van der Waals surface area contributed by atoms with Crippen LogP contribution in [0.15, 0.2) is 48.8 Å². The third-order valence-corrected chi connectivity index (χ3v) is 7.30. The van der Waals surface area contributed by atoms with Crippen LogP contribution in [0.2, 0.25) is 0 Å². The molecule has 2 aromatic carbocycles. The van der Waals surface area contributed by atoms with Gasteiger partial charge in [0.25, 0.3) is 5.91 Å². The number of para-hydroxylation sites is 1. The Morgan fingerprint density at radius 2 is 1.95 bits per heavy atom. The SMILES string of the molecule is CNC(=O)c1ncn2c1COc1c(CCN3CCN(c4cc(F)cc5nc(C)ccc45)CC3)cccc1-2. The predicted molar refractivity (Wildman–Crippen MR) is 140 cm³/mol. The lowest BCUT2D eigenvalue weighted by molar-refractivity contribution is 0.0955. The molecule has 0 unspecified atom stereocenters. The van der Waals surface area contributed by atoms with E-state index < -0.39 is 0 Å². The van der Waals surface area contributed by atoms with Gasteiger partial charge in [-0.3, -0.25) is 19.2 Å². The van der Waals surface area contributed by atoms with E-state index in [4.69, 9.17) is 4.74 Å². The van der Waals surface area contributed by atoms with Crippen LogP contribution in [0.1, 0.15) is 27.4 Å². The third-order valence-electron chi connectivity index (χ3n) is 7.30. The number of pyridine rings is 1. The lowest BCUT2D eigenvalue weighted by atomic mass is 10.1. The highest BCUT2D eigenvalue weighted by Crippen LogP contribution is 2.35. The number of aromatic nitrogens is 3. The molecule has 2 aliphatic rings. The first kappa shape index (κ1) is 23.4. The minimum atomic E-state index is -0.250. The maximum absolute atomic E-state index is 14.3. The number of imidazole rings is 1. The number of carbonyl (C=O) groups is 1. The molecule has 1 fully saturated rings. The van der Waals surface area contributed by atoms with Gasteiger partial charge in [-0.05, 0) is 43.2 Å². The van der Waals surface area contributed by atoms with Crippen molar-refractivity contribution in [2.45, 2.75) is 20.0 Å². The third kappa shape index (κ3) is 4.29. The van der Waals surface area contributed by atoms with Crippen molar-refractivity contribution in [3.05, 3.63) is 77.3 Å². The van der Waals surface area contributed by atoms with Crippen molar-refractivity contribution in [3.8, 4) is 11.4 Å². The van der Waals surface area contributed by atoms with E-state index in [9.17, 15) is 9.18 Å². The van der Waals surface area contributed by atoms with Crippen LogP contribution in [-0.4, -0.2) is 65.1 Å². The highest BCUT2D eigenvalue weighted by atomic mass is 19.1. The van der Waals surface area contributed by atoms with E-state index in [1.807, 2.05) is 35.8 Å². The van der Waals surface area contributed by atoms with Crippen molar-refractivity contribution >= 4 is 22.5 Å². The number of carbonyl (C=O) groups excluding carboxylic acids is 1. The molecule has 6 rings (SSSR count). The fourth-order valence-electron chi connectivity index (χ4n) is 5.33. The molecule has 1 N–H and O–H groups in total. The number of hydrogen-bond acceptors (Lipinski definition) is 6. The standard InChI is InChI=1S/C28H29FN6O2/c1-18-6-7-21-22(32-18)14-20(29)15-24(21)34-12-10-33(11-13-34)9-8-19-4-3-5-23-27(19)37-16-25-26(28(36)30-2)31-17-35(23)25/h3-7,14-15,17H,8-13,16H2,1-2H3,(H,30,36). The van der Waals surface area contributed by atoms with Gasteiger partial charge in [-0.1, -0.05) is 12.1 Å². The van der Waals surface area contributed by atoms with Gasteiger partial charge in [0.1, 0.15) is 24.5 Å². The summed E-state index contributed by atoms with van der Waals surface area (Å²) in [6.07, 6.45) is 2.54. The van der Waals surface area contributed by atoms with E-state index in [1.54, 1.807) is 19.4 Å². The second-order valence-corrected chi connectivity index (χ2v) is 9.57. The summed E-state index contributed by atoms with van der Waals surface area (Å²) in [5.74, 6) is 0.387. The van der Waals surface area contributed by atoms with Crippen LogP contribution in [-0.2, 0) is 13.0 Å². The van der Waals surface area contributed by atoms with Crippen LogP contribution in [0.25, 0.3) is 16.6 Å². The summed E-state index contributed by atoms with van der Waals surface area (Å²) >= 11 is 0. The number of halogens is 1. The molecule has 0 spiro atoms. The van der Waals surface area contributed by atoms with Gasteiger partial charge in [-0.25, -0.2) is 9.37 Å². The number of rotatable bonds is 5. The van der Waals surface area contributed by atoms with Gasteiger partial charge < -0.3 is 15.0 Å². The Labute approximate surface area is 214 Å². The summed E-state index contributed by atoms with van der Waals surface area (Å²) in [5.41, 5.74) is 5.71. The number of nitrogens with one attached hydrogen (secondary N) is 1. The number of benzene rings is 2. The van der Waals surface area contributed by atoms with Crippen LogP contribution in [0.4, 0.5) is 10.1 Å². The predicted octanol–water partition coefficient (Wildman–Crippen LogP) is 3.48. The first-order valence-electron chi connectivity index (χ1n) is 12.6. The normalized spacial score (nSPS) is 15.3. The molecule has 0 aliphatic carbocycles. The number of amides is 1. The Bertz CT molecular complexity index is 1490. The molecule has 4 aromatic rings. The molecule has 2 aliphatic heterocycles. The fraction of sp³-hybridized carbons (Fsp3) is 0.321. The Balaban J connectivity index is 1.14. The molecule has 0 saturated carbocycles. The van der Waals surface area contributed by atoms with E-state index in [2.05, 4.69) is 31.2 Å². The summed E-state index contributed by atoms with van der Waals surface area (Å²) in [4.78, 5) is 25.7. The van der Waals surface area contributed by atoms with Crippen molar-refractivity contribution < 1.29 is 13.9 Å². The molecule has 8 nitrogen and oxygen atoms in total. The van der Waals surface area contributed by atoms with E-state index >= 15 is 0 Å². The highest BCUT2D eigenvalue weighted by molar-refractivity contribution is 5.93. The van der Waals surface area contributed by atoms with Crippen molar-refractivity contribution in [1.29, 1.82) is 0 Å². The molecule has 4 heterocycles. The smallest absolute Gasteiger partial charge is 0.271 e. The Morgan fingerprint density at radius 3 is 2.76 bits per heavy atom. The zero-order valence-electron chi connectivity index (χ0n) is 21.0.